The number of aryl methyl sites for hydroxylation is 1. The van der Waals surface area contributed by atoms with E-state index in [1.807, 2.05) is 12.3 Å². The Balaban J connectivity index is 1.84. The molecule has 6 heteroatoms. The van der Waals surface area contributed by atoms with Crippen molar-refractivity contribution in [3.63, 3.8) is 0 Å². The summed E-state index contributed by atoms with van der Waals surface area (Å²) >= 11 is 1.63. The van der Waals surface area contributed by atoms with E-state index in [1.54, 1.807) is 11.3 Å². The van der Waals surface area contributed by atoms with Crippen LogP contribution < -0.4 is 5.73 Å². The first kappa shape index (κ1) is 13.0. The molecule has 0 radical (unpaired) electrons. The van der Waals surface area contributed by atoms with Gasteiger partial charge in [0.25, 0.3) is 0 Å². The van der Waals surface area contributed by atoms with Crippen molar-refractivity contribution < 1.29 is 8.42 Å². The molecule has 2 atom stereocenters. The third-order valence-electron chi connectivity index (χ3n) is 3.07. The van der Waals surface area contributed by atoms with Crippen molar-refractivity contribution in [3.05, 3.63) is 16.1 Å². The Bertz CT molecular complexity index is 481. The Morgan fingerprint density at radius 3 is 2.94 bits per heavy atom. The van der Waals surface area contributed by atoms with Crippen LogP contribution in [0.3, 0.4) is 0 Å². The first-order valence-electron chi connectivity index (χ1n) is 5.81. The second-order valence-electron chi connectivity index (χ2n) is 4.85. The van der Waals surface area contributed by atoms with Gasteiger partial charge in [0.15, 0.2) is 9.84 Å². The fraction of sp³-hybridized carbons (Fsp3) is 0.727. The lowest BCUT2D eigenvalue weighted by Gasteiger charge is -2.13. The number of hydrogen-bond acceptors (Lipinski definition) is 5. The second-order valence-corrected chi connectivity index (χ2v) is 8.02. The monoisotopic (exact) mass is 274 g/mol. The van der Waals surface area contributed by atoms with Gasteiger partial charge in [0, 0.05) is 23.5 Å². The number of thiazole rings is 1. The van der Waals surface area contributed by atoms with Gasteiger partial charge in [-0.15, -0.1) is 11.3 Å². The number of rotatable bonds is 4. The number of hydrogen-bond donors (Lipinski definition) is 1. The molecule has 1 aromatic rings. The predicted octanol–water partition coefficient (Wildman–Crippen LogP) is 1.15. The lowest BCUT2D eigenvalue weighted by molar-refractivity contribution is 0.468. The standard InChI is InChI=1S/C11H18N2O2S2/c1-8-6-16-11(13-8)5-10(12)4-9-2-3-17(14,15)7-9/h6,9-10H,2-5,7,12H2,1H3. The van der Waals surface area contributed by atoms with Gasteiger partial charge >= 0.3 is 0 Å². The molecular formula is C11H18N2O2S2. The molecular weight excluding hydrogens is 256 g/mol. The molecule has 0 aromatic carbocycles. The third-order valence-corrected chi connectivity index (χ3v) is 5.89. The number of sulfone groups is 1. The van der Waals surface area contributed by atoms with Crippen LogP contribution in [0.15, 0.2) is 5.38 Å². The van der Waals surface area contributed by atoms with Gasteiger partial charge in [-0.25, -0.2) is 13.4 Å². The van der Waals surface area contributed by atoms with Crippen LogP contribution in [0.5, 0.6) is 0 Å². The fourth-order valence-corrected chi connectivity index (χ4v) is 5.04. The lowest BCUT2D eigenvalue weighted by Crippen LogP contribution is -2.26. The fourth-order valence-electron chi connectivity index (χ4n) is 2.29. The van der Waals surface area contributed by atoms with Crippen molar-refractivity contribution in [2.45, 2.75) is 32.2 Å². The van der Waals surface area contributed by atoms with Crippen LogP contribution in [-0.4, -0.2) is 30.9 Å². The highest BCUT2D eigenvalue weighted by atomic mass is 32.2. The van der Waals surface area contributed by atoms with Crippen LogP contribution in [0.4, 0.5) is 0 Å². The van der Waals surface area contributed by atoms with E-state index < -0.39 is 9.84 Å². The van der Waals surface area contributed by atoms with Crippen molar-refractivity contribution in [1.29, 1.82) is 0 Å². The molecule has 2 unspecified atom stereocenters. The summed E-state index contributed by atoms with van der Waals surface area (Å²) in [6.45, 7) is 1.97. The SMILES string of the molecule is Cc1csc(CC(N)CC2CCS(=O)(=O)C2)n1. The maximum Gasteiger partial charge on any atom is 0.150 e. The zero-order valence-corrected chi connectivity index (χ0v) is 11.6. The van der Waals surface area contributed by atoms with E-state index in [4.69, 9.17) is 5.73 Å². The minimum absolute atomic E-state index is 0.0267. The van der Waals surface area contributed by atoms with E-state index in [1.165, 1.54) is 0 Å². The molecule has 0 aliphatic carbocycles. The molecule has 2 N–H and O–H groups in total. The topological polar surface area (TPSA) is 73.1 Å². The molecule has 1 aromatic heterocycles. The molecule has 1 fully saturated rings. The quantitative estimate of drug-likeness (QED) is 0.894. The van der Waals surface area contributed by atoms with E-state index in [9.17, 15) is 8.42 Å². The molecule has 0 spiro atoms. The van der Waals surface area contributed by atoms with Crippen LogP contribution in [0, 0.1) is 12.8 Å². The van der Waals surface area contributed by atoms with Crippen LogP contribution in [0.25, 0.3) is 0 Å². The molecule has 1 aliphatic heterocycles. The summed E-state index contributed by atoms with van der Waals surface area (Å²) in [5, 5.41) is 3.07. The molecule has 1 aliphatic rings. The highest BCUT2D eigenvalue weighted by Gasteiger charge is 2.29. The average molecular weight is 274 g/mol. The summed E-state index contributed by atoms with van der Waals surface area (Å²) in [6.07, 6.45) is 2.32. The van der Waals surface area contributed by atoms with Crippen molar-refractivity contribution in [1.82, 2.24) is 4.98 Å². The van der Waals surface area contributed by atoms with Gasteiger partial charge < -0.3 is 5.73 Å². The molecule has 0 bridgehead atoms. The second kappa shape index (κ2) is 5.04. The van der Waals surface area contributed by atoms with E-state index in [0.29, 0.717) is 11.5 Å². The van der Waals surface area contributed by atoms with Gasteiger partial charge in [0.05, 0.1) is 16.5 Å². The first-order chi connectivity index (χ1) is 7.94. The maximum absolute atomic E-state index is 11.3. The van der Waals surface area contributed by atoms with Gasteiger partial charge in [-0.1, -0.05) is 0 Å². The molecule has 1 saturated heterocycles. The smallest absolute Gasteiger partial charge is 0.150 e. The van der Waals surface area contributed by atoms with Crippen molar-refractivity contribution in [3.8, 4) is 0 Å². The van der Waals surface area contributed by atoms with Gasteiger partial charge in [-0.2, -0.15) is 0 Å². The van der Waals surface area contributed by atoms with Crippen LogP contribution in [-0.2, 0) is 16.3 Å². The normalized spacial score (nSPS) is 24.9. The molecule has 17 heavy (non-hydrogen) atoms. The number of nitrogens with zero attached hydrogens (tertiary/aromatic N) is 1. The lowest BCUT2D eigenvalue weighted by atomic mass is 9.98. The van der Waals surface area contributed by atoms with Gasteiger partial charge in [-0.3, -0.25) is 0 Å². The van der Waals surface area contributed by atoms with Crippen LogP contribution in [0.2, 0.25) is 0 Å². The summed E-state index contributed by atoms with van der Waals surface area (Å²) in [5.41, 5.74) is 7.08. The van der Waals surface area contributed by atoms with Gasteiger partial charge in [-0.05, 0) is 25.7 Å². The van der Waals surface area contributed by atoms with Crippen LogP contribution in [0.1, 0.15) is 23.5 Å². The van der Waals surface area contributed by atoms with E-state index in [-0.39, 0.29) is 12.0 Å². The number of aromatic nitrogens is 1. The summed E-state index contributed by atoms with van der Waals surface area (Å²) in [6, 6.07) is 0.0267. The summed E-state index contributed by atoms with van der Waals surface area (Å²) in [7, 11) is -2.78. The minimum Gasteiger partial charge on any atom is -0.327 e. The Morgan fingerprint density at radius 2 is 2.41 bits per heavy atom. The van der Waals surface area contributed by atoms with Gasteiger partial charge in [0.2, 0.25) is 0 Å². The Hall–Kier alpha value is -0.460. The minimum atomic E-state index is -2.78. The molecule has 4 nitrogen and oxygen atoms in total. The summed E-state index contributed by atoms with van der Waals surface area (Å²) in [4.78, 5) is 4.37. The first-order valence-corrected chi connectivity index (χ1v) is 8.52. The Kier molecular flexibility index (Phi) is 3.85. The molecule has 0 amide bonds. The van der Waals surface area contributed by atoms with Crippen molar-refractivity contribution in [2.75, 3.05) is 11.5 Å². The highest BCUT2D eigenvalue weighted by molar-refractivity contribution is 7.91. The zero-order valence-electron chi connectivity index (χ0n) is 9.93. The highest BCUT2D eigenvalue weighted by Crippen LogP contribution is 2.23. The maximum atomic E-state index is 11.3. The predicted molar refractivity (Wildman–Crippen MR) is 69.9 cm³/mol. The van der Waals surface area contributed by atoms with Crippen molar-refractivity contribution >= 4 is 21.2 Å². The molecule has 96 valence electrons. The van der Waals surface area contributed by atoms with Crippen LogP contribution >= 0.6 is 11.3 Å². The van der Waals surface area contributed by atoms with E-state index in [0.717, 1.165) is 30.0 Å². The third kappa shape index (κ3) is 3.76. The molecule has 2 heterocycles. The molecule has 0 saturated carbocycles. The summed E-state index contributed by atoms with van der Waals surface area (Å²) < 4.78 is 22.7. The van der Waals surface area contributed by atoms with Crippen molar-refractivity contribution in [2.24, 2.45) is 11.7 Å². The Morgan fingerprint density at radius 1 is 1.65 bits per heavy atom. The number of nitrogens with two attached hydrogens (primary N) is 1. The Labute approximate surface area is 106 Å². The average Bonchev–Trinajstić information content (AvgIpc) is 2.73. The summed E-state index contributed by atoms with van der Waals surface area (Å²) in [5.74, 6) is 0.897. The largest absolute Gasteiger partial charge is 0.327 e. The van der Waals surface area contributed by atoms with E-state index >= 15 is 0 Å². The zero-order chi connectivity index (χ0) is 12.5. The van der Waals surface area contributed by atoms with Gasteiger partial charge in [0.1, 0.15) is 0 Å². The van der Waals surface area contributed by atoms with E-state index in [2.05, 4.69) is 4.98 Å². The molecule has 2 rings (SSSR count).